The Morgan fingerprint density at radius 3 is 2.74 bits per heavy atom. The van der Waals surface area contributed by atoms with Gasteiger partial charge in [0.15, 0.2) is 12.1 Å². The van der Waals surface area contributed by atoms with Crippen LogP contribution in [-0.2, 0) is 14.3 Å². The Labute approximate surface area is 113 Å². The summed E-state index contributed by atoms with van der Waals surface area (Å²) >= 11 is 0. The van der Waals surface area contributed by atoms with E-state index < -0.39 is 5.72 Å². The molecule has 4 heteroatoms. The molecule has 2 rings (SSSR count). The minimum absolute atomic E-state index is 0.122. The zero-order valence-electron chi connectivity index (χ0n) is 11.1. The number of benzene rings is 1. The van der Waals surface area contributed by atoms with E-state index in [0.29, 0.717) is 25.9 Å². The highest BCUT2D eigenvalue weighted by Gasteiger charge is 2.42. The van der Waals surface area contributed by atoms with Gasteiger partial charge in [-0.25, -0.2) is 0 Å². The van der Waals surface area contributed by atoms with Crippen molar-refractivity contribution in [2.45, 2.75) is 31.4 Å². The van der Waals surface area contributed by atoms with E-state index in [4.69, 9.17) is 4.74 Å². The highest BCUT2D eigenvalue weighted by atomic mass is 16.5. The van der Waals surface area contributed by atoms with Crippen molar-refractivity contribution in [2.24, 2.45) is 0 Å². The second kappa shape index (κ2) is 6.08. The zero-order chi connectivity index (χ0) is 13.7. The first kappa shape index (κ1) is 13.9. The van der Waals surface area contributed by atoms with Crippen molar-refractivity contribution < 1.29 is 14.3 Å². The summed E-state index contributed by atoms with van der Waals surface area (Å²) in [7, 11) is 0. The van der Waals surface area contributed by atoms with Crippen LogP contribution in [0.1, 0.15) is 31.2 Å². The number of aldehydes is 1. The summed E-state index contributed by atoms with van der Waals surface area (Å²) in [6.45, 7) is 2.97. The van der Waals surface area contributed by atoms with Crippen molar-refractivity contribution >= 4 is 12.1 Å². The third-order valence-electron chi connectivity index (χ3n) is 3.60. The van der Waals surface area contributed by atoms with Gasteiger partial charge in [0.1, 0.15) is 0 Å². The molecular formula is C15H19NO3. The van der Waals surface area contributed by atoms with Gasteiger partial charge in [0.2, 0.25) is 5.72 Å². The largest absolute Gasteiger partial charge is 0.346 e. The molecule has 0 amide bonds. The van der Waals surface area contributed by atoms with Crippen molar-refractivity contribution in [3.05, 3.63) is 35.9 Å². The van der Waals surface area contributed by atoms with Gasteiger partial charge in [-0.2, -0.15) is 0 Å². The summed E-state index contributed by atoms with van der Waals surface area (Å²) in [6, 6.07) is 9.90. The van der Waals surface area contributed by atoms with Crippen molar-refractivity contribution in [3.63, 3.8) is 0 Å². The zero-order valence-corrected chi connectivity index (χ0v) is 11.1. The van der Waals surface area contributed by atoms with Crippen molar-refractivity contribution in [1.29, 1.82) is 0 Å². The molecule has 1 N–H and O–H groups in total. The predicted molar refractivity (Wildman–Crippen MR) is 71.8 cm³/mol. The summed E-state index contributed by atoms with van der Waals surface area (Å²) in [5.74, 6) is -0.0628. The number of nitrogens with one attached hydrogen (secondary N) is 1. The molecule has 0 radical (unpaired) electrons. The second-order valence-corrected chi connectivity index (χ2v) is 4.77. The molecule has 1 saturated heterocycles. The lowest BCUT2D eigenvalue weighted by Crippen LogP contribution is -2.50. The quantitative estimate of drug-likeness (QED) is 0.625. The van der Waals surface area contributed by atoms with Gasteiger partial charge in [-0.05, 0) is 17.9 Å². The van der Waals surface area contributed by atoms with Gasteiger partial charge in [-0.1, -0.05) is 37.3 Å². The van der Waals surface area contributed by atoms with E-state index in [1.54, 1.807) is 0 Å². The molecule has 1 aliphatic rings. The van der Waals surface area contributed by atoms with Gasteiger partial charge < -0.3 is 4.74 Å². The Kier molecular flexibility index (Phi) is 4.45. The Balaban J connectivity index is 2.10. The summed E-state index contributed by atoms with van der Waals surface area (Å²) in [6.07, 6.45) is 1.75. The molecule has 19 heavy (non-hydrogen) atoms. The SMILES string of the molecule is CC[C@H](CC(=O)C1(C=O)NCCO1)c1ccccc1. The highest BCUT2D eigenvalue weighted by Crippen LogP contribution is 2.26. The van der Waals surface area contributed by atoms with Crippen molar-refractivity contribution in [2.75, 3.05) is 13.2 Å². The number of carbonyl (C=O) groups excluding carboxylic acids is 2. The molecule has 1 aliphatic heterocycles. The second-order valence-electron chi connectivity index (χ2n) is 4.77. The van der Waals surface area contributed by atoms with Gasteiger partial charge in [-0.3, -0.25) is 14.9 Å². The Hall–Kier alpha value is -1.52. The summed E-state index contributed by atoms with van der Waals surface area (Å²) < 4.78 is 5.30. The van der Waals surface area contributed by atoms with Crippen molar-refractivity contribution in [3.8, 4) is 0 Å². The van der Waals surface area contributed by atoms with Crippen molar-refractivity contribution in [1.82, 2.24) is 5.32 Å². The van der Waals surface area contributed by atoms with Crippen LogP contribution in [-0.4, -0.2) is 30.9 Å². The topological polar surface area (TPSA) is 55.4 Å². The van der Waals surface area contributed by atoms with E-state index in [2.05, 4.69) is 5.32 Å². The van der Waals surface area contributed by atoms with Crippen LogP contribution in [0.2, 0.25) is 0 Å². The normalized spacial score (nSPS) is 24.1. The summed E-state index contributed by atoms with van der Waals surface area (Å²) in [4.78, 5) is 23.5. The molecule has 1 unspecified atom stereocenters. The maximum Gasteiger partial charge on any atom is 0.235 e. The molecule has 1 fully saturated rings. The minimum Gasteiger partial charge on any atom is -0.346 e. The number of hydrogen-bond acceptors (Lipinski definition) is 4. The molecule has 2 atom stereocenters. The van der Waals surface area contributed by atoms with Gasteiger partial charge in [0.05, 0.1) is 6.61 Å². The van der Waals surface area contributed by atoms with Gasteiger partial charge in [0.25, 0.3) is 0 Å². The standard InChI is InChI=1S/C15H19NO3/c1-2-12(13-6-4-3-5-7-13)10-14(18)15(11-17)16-8-9-19-15/h3-7,11-12,16H,2,8-10H2,1H3/t12-,15?/m1/s1. The number of Topliss-reactive ketones (excluding diaryl/α,β-unsaturated/α-hetero) is 1. The molecule has 1 aromatic carbocycles. The lowest BCUT2D eigenvalue weighted by atomic mass is 9.89. The Morgan fingerprint density at radius 2 is 2.21 bits per heavy atom. The van der Waals surface area contributed by atoms with Crippen LogP contribution in [0, 0.1) is 0 Å². The smallest absolute Gasteiger partial charge is 0.235 e. The van der Waals surface area contributed by atoms with E-state index in [1.807, 2.05) is 37.3 Å². The van der Waals surface area contributed by atoms with E-state index in [-0.39, 0.29) is 11.7 Å². The van der Waals surface area contributed by atoms with E-state index in [0.717, 1.165) is 12.0 Å². The fourth-order valence-electron chi connectivity index (χ4n) is 2.42. The number of hydrogen-bond donors (Lipinski definition) is 1. The van der Waals surface area contributed by atoms with Crippen LogP contribution < -0.4 is 5.32 Å². The van der Waals surface area contributed by atoms with E-state index >= 15 is 0 Å². The van der Waals surface area contributed by atoms with Crippen LogP contribution in [0.5, 0.6) is 0 Å². The van der Waals surface area contributed by atoms with Crippen LogP contribution >= 0.6 is 0 Å². The minimum atomic E-state index is -1.41. The highest BCUT2D eigenvalue weighted by molar-refractivity contribution is 6.01. The van der Waals surface area contributed by atoms with Crippen LogP contribution in [0.15, 0.2) is 30.3 Å². The first-order chi connectivity index (χ1) is 9.22. The van der Waals surface area contributed by atoms with Crippen LogP contribution in [0.4, 0.5) is 0 Å². The molecule has 0 saturated carbocycles. The monoisotopic (exact) mass is 261 g/mol. The number of ether oxygens (including phenoxy) is 1. The predicted octanol–water partition coefficient (Wildman–Crippen LogP) is 1.65. The molecule has 1 aromatic rings. The fraction of sp³-hybridized carbons (Fsp3) is 0.467. The van der Waals surface area contributed by atoms with Crippen LogP contribution in [0.25, 0.3) is 0 Å². The first-order valence-electron chi connectivity index (χ1n) is 6.65. The van der Waals surface area contributed by atoms with Crippen LogP contribution in [0.3, 0.4) is 0 Å². The number of carbonyl (C=O) groups is 2. The lowest BCUT2D eigenvalue weighted by molar-refractivity contribution is -0.147. The molecule has 0 spiro atoms. The summed E-state index contributed by atoms with van der Waals surface area (Å²) in [5, 5.41) is 2.86. The third kappa shape index (κ3) is 2.91. The van der Waals surface area contributed by atoms with Gasteiger partial charge in [0, 0.05) is 13.0 Å². The van der Waals surface area contributed by atoms with Gasteiger partial charge >= 0.3 is 0 Å². The first-order valence-corrected chi connectivity index (χ1v) is 6.65. The van der Waals surface area contributed by atoms with E-state index in [1.165, 1.54) is 0 Å². The fourth-order valence-corrected chi connectivity index (χ4v) is 2.42. The Bertz CT molecular complexity index is 438. The molecule has 0 aromatic heterocycles. The average Bonchev–Trinajstić information content (AvgIpc) is 2.95. The maximum absolute atomic E-state index is 12.3. The molecule has 0 bridgehead atoms. The molecular weight excluding hydrogens is 242 g/mol. The molecule has 4 nitrogen and oxygen atoms in total. The lowest BCUT2D eigenvalue weighted by Gasteiger charge is -2.23. The average molecular weight is 261 g/mol. The number of rotatable bonds is 6. The molecule has 102 valence electrons. The third-order valence-corrected chi connectivity index (χ3v) is 3.60. The summed E-state index contributed by atoms with van der Waals surface area (Å²) in [5.41, 5.74) is -0.292. The maximum atomic E-state index is 12.3. The van der Waals surface area contributed by atoms with Gasteiger partial charge in [-0.15, -0.1) is 0 Å². The molecule has 0 aliphatic carbocycles. The van der Waals surface area contributed by atoms with E-state index in [9.17, 15) is 9.59 Å². The number of ketones is 1. The Morgan fingerprint density at radius 1 is 1.47 bits per heavy atom. The molecule has 1 heterocycles.